The summed E-state index contributed by atoms with van der Waals surface area (Å²) in [5.74, 6) is -0.446. The number of benzene rings is 2. The van der Waals surface area contributed by atoms with Crippen molar-refractivity contribution in [3.05, 3.63) is 59.4 Å². The van der Waals surface area contributed by atoms with Crippen LogP contribution in [0, 0.1) is 5.82 Å². The highest BCUT2D eigenvalue weighted by Gasteiger charge is 2.10. The van der Waals surface area contributed by atoms with Crippen molar-refractivity contribution in [3.63, 3.8) is 0 Å². The number of hydrogen-bond donors (Lipinski definition) is 1. The molecule has 0 aliphatic carbocycles. The van der Waals surface area contributed by atoms with Gasteiger partial charge in [0.1, 0.15) is 12.4 Å². The molecule has 8 heteroatoms. The first-order valence-electron chi connectivity index (χ1n) is 6.69. The molecular weight excluding hydrogens is 321 g/mol. The summed E-state index contributed by atoms with van der Waals surface area (Å²) in [4.78, 5) is 13.1. The topological polar surface area (TPSA) is 72.7 Å². The number of anilines is 1. The first-order valence-corrected chi connectivity index (χ1v) is 7.07. The Balaban J connectivity index is 1.66. The normalized spacial score (nSPS) is 10.5. The summed E-state index contributed by atoms with van der Waals surface area (Å²) in [7, 11) is 0. The molecule has 1 amide bonds. The fraction of sp³-hybridized carbons (Fsp3) is 0.0667. The predicted octanol–water partition coefficient (Wildman–Crippen LogP) is 2.77. The maximum absolute atomic E-state index is 13.2. The molecule has 0 saturated heterocycles. The Morgan fingerprint density at radius 2 is 2.00 bits per heavy atom. The molecule has 3 rings (SSSR count). The van der Waals surface area contributed by atoms with Crippen LogP contribution in [0.5, 0.6) is 0 Å². The van der Waals surface area contributed by atoms with Gasteiger partial charge in [-0.25, -0.2) is 4.39 Å². The number of amides is 1. The summed E-state index contributed by atoms with van der Waals surface area (Å²) in [5.41, 5.74) is 1.11. The van der Waals surface area contributed by atoms with E-state index in [4.69, 9.17) is 11.6 Å². The van der Waals surface area contributed by atoms with Crippen LogP contribution in [0.3, 0.4) is 0 Å². The maximum atomic E-state index is 13.2. The number of carbonyl (C=O) groups excluding carboxylic acids is 1. The van der Waals surface area contributed by atoms with Crippen molar-refractivity contribution < 1.29 is 9.18 Å². The Bertz CT molecular complexity index is 834. The molecular formula is C15H11ClFN5O. The Morgan fingerprint density at radius 1 is 1.22 bits per heavy atom. The quantitative estimate of drug-likeness (QED) is 0.798. The lowest BCUT2D eigenvalue weighted by Gasteiger charge is -2.04. The van der Waals surface area contributed by atoms with Crippen LogP contribution in [0.2, 0.25) is 5.02 Å². The van der Waals surface area contributed by atoms with E-state index in [2.05, 4.69) is 20.7 Å². The number of tetrazole rings is 1. The Labute approximate surface area is 135 Å². The van der Waals surface area contributed by atoms with Crippen LogP contribution in [-0.2, 0) is 11.3 Å². The molecule has 2 aromatic carbocycles. The van der Waals surface area contributed by atoms with Crippen molar-refractivity contribution in [1.82, 2.24) is 20.2 Å². The van der Waals surface area contributed by atoms with Crippen LogP contribution in [0.25, 0.3) is 11.4 Å². The zero-order chi connectivity index (χ0) is 16.2. The van der Waals surface area contributed by atoms with Crippen LogP contribution < -0.4 is 5.32 Å². The average molecular weight is 332 g/mol. The van der Waals surface area contributed by atoms with Crippen LogP contribution in [-0.4, -0.2) is 26.1 Å². The van der Waals surface area contributed by atoms with Gasteiger partial charge in [-0.2, -0.15) is 4.80 Å². The van der Waals surface area contributed by atoms with Gasteiger partial charge in [-0.05, 0) is 41.6 Å². The van der Waals surface area contributed by atoms with Crippen molar-refractivity contribution >= 4 is 23.2 Å². The summed E-state index contributed by atoms with van der Waals surface area (Å²) in [5, 5.41) is 14.9. The van der Waals surface area contributed by atoms with Gasteiger partial charge in [-0.1, -0.05) is 23.7 Å². The molecule has 1 N–H and O–H groups in total. The second kappa shape index (κ2) is 6.53. The van der Waals surface area contributed by atoms with Crippen LogP contribution in [0.15, 0.2) is 48.5 Å². The molecule has 0 bridgehead atoms. The van der Waals surface area contributed by atoms with Crippen molar-refractivity contribution in [2.75, 3.05) is 5.32 Å². The van der Waals surface area contributed by atoms with Crippen molar-refractivity contribution in [2.24, 2.45) is 0 Å². The molecule has 23 heavy (non-hydrogen) atoms. The van der Waals surface area contributed by atoms with Crippen LogP contribution in [0.1, 0.15) is 0 Å². The summed E-state index contributed by atoms with van der Waals surface area (Å²) >= 11 is 5.78. The van der Waals surface area contributed by atoms with Crippen molar-refractivity contribution in [3.8, 4) is 11.4 Å². The second-order valence-electron chi connectivity index (χ2n) is 4.71. The number of carbonyl (C=O) groups is 1. The van der Waals surface area contributed by atoms with Crippen molar-refractivity contribution in [2.45, 2.75) is 6.54 Å². The van der Waals surface area contributed by atoms with E-state index in [1.165, 1.54) is 12.1 Å². The van der Waals surface area contributed by atoms with Gasteiger partial charge in [-0.15, -0.1) is 10.2 Å². The summed E-state index contributed by atoms with van der Waals surface area (Å²) in [6.07, 6.45) is 0. The summed E-state index contributed by atoms with van der Waals surface area (Å²) in [6, 6.07) is 12.6. The fourth-order valence-electron chi connectivity index (χ4n) is 1.92. The first-order chi connectivity index (χ1) is 11.1. The SMILES string of the molecule is O=C(Cn1nnc(-c2cccc(F)c2)n1)Nc1ccc(Cl)cc1. The van der Waals surface area contributed by atoms with E-state index in [0.29, 0.717) is 16.3 Å². The minimum Gasteiger partial charge on any atom is -0.324 e. The van der Waals surface area contributed by atoms with Crippen molar-refractivity contribution in [1.29, 1.82) is 0 Å². The molecule has 0 radical (unpaired) electrons. The zero-order valence-corrected chi connectivity index (χ0v) is 12.5. The van der Waals surface area contributed by atoms with E-state index >= 15 is 0 Å². The van der Waals surface area contributed by atoms with Gasteiger partial charge in [0.05, 0.1) is 0 Å². The van der Waals surface area contributed by atoms with Gasteiger partial charge in [0.15, 0.2) is 0 Å². The lowest BCUT2D eigenvalue weighted by atomic mass is 10.2. The largest absolute Gasteiger partial charge is 0.324 e. The molecule has 0 spiro atoms. The number of rotatable bonds is 4. The minimum absolute atomic E-state index is 0.106. The highest BCUT2D eigenvalue weighted by Crippen LogP contribution is 2.15. The van der Waals surface area contributed by atoms with Crippen LogP contribution >= 0.6 is 11.6 Å². The molecule has 0 atom stereocenters. The van der Waals surface area contributed by atoms with Gasteiger partial charge >= 0.3 is 0 Å². The second-order valence-corrected chi connectivity index (χ2v) is 5.15. The van der Waals surface area contributed by atoms with E-state index in [1.807, 2.05) is 0 Å². The molecule has 3 aromatic rings. The molecule has 0 unspecified atom stereocenters. The molecule has 116 valence electrons. The van der Waals surface area contributed by atoms with Gasteiger partial charge in [0.2, 0.25) is 11.7 Å². The molecule has 1 heterocycles. The van der Waals surface area contributed by atoms with Gasteiger partial charge < -0.3 is 5.32 Å². The predicted molar refractivity (Wildman–Crippen MR) is 83.3 cm³/mol. The highest BCUT2D eigenvalue weighted by atomic mass is 35.5. The average Bonchev–Trinajstić information content (AvgIpc) is 2.98. The molecule has 0 saturated carbocycles. The number of halogens is 2. The number of hydrogen-bond acceptors (Lipinski definition) is 4. The smallest absolute Gasteiger partial charge is 0.248 e. The zero-order valence-electron chi connectivity index (χ0n) is 11.8. The summed E-state index contributed by atoms with van der Waals surface area (Å²) < 4.78 is 13.2. The standard InChI is InChI=1S/C15H11ClFN5O/c16-11-4-6-13(7-5-11)18-14(23)9-22-20-15(19-21-22)10-2-1-3-12(17)8-10/h1-8H,9H2,(H,18,23). The number of aromatic nitrogens is 4. The monoisotopic (exact) mass is 331 g/mol. The maximum Gasteiger partial charge on any atom is 0.248 e. The third-order valence-electron chi connectivity index (χ3n) is 2.95. The molecule has 1 aromatic heterocycles. The third-order valence-corrected chi connectivity index (χ3v) is 3.20. The Kier molecular flexibility index (Phi) is 4.29. The van der Waals surface area contributed by atoms with E-state index in [9.17, 15) is 9.18 Å². The van der Waals surface area contributed by atoms with E-state index in [-0.39, 0.29) is 24.1 Å². The molecule has 0 fully saturated rings. The number of nitrogens with one attached hydrogen (secondary N) is 1. The Morgan fingerprint density at radius 3 is 2.74 bits per heavy atom. The fourth-order valence-corrected chi connectivity index (χ4v) is 2.04. The number of nitrogens with zero attached hydrogens (tertiary/aromatic N) is 4. The van der Waals surface area contributed by atoms with E-state index < -0.39 is 0 Å². The molecule has 0 aliphatic rings. The van der Waals surface area contributed by atoms with E-state index in [0.717, 1.165) is 4.80 Å². The van der Waals surface area contributed by atoms with Gasteiger partial charge in [0.25, 0.3) is 0 Å². The highest BCUT2D eigenvalue weighted by molar-refractivity contribution is 6.30. The first kappa shape index (κ1) is 15.1. The van der Waals surface area contributed by atoms with E-state index in [1.54, 1.807) is 36.4 Å². The van der Waals surface area contributed by atoms with Gasteiger partial charge in [-0.3, -0.25) is 4.79 Å². The molecule has 6 nitrogen and oxygen atoms in total. The third kappa shape index (κ3) is 3.89. The Hall–Kier alpha value is -2.80. The molecule has 0 aliphatic heterocycles. The van der Waals surface area contributed by atoms with Crippen LogP contribution in [0.4, 0.5) is 10.1 Å². The van der Waals surface area contributed by atoms with Gasteiger partial charge in [0, 0.05) is 16.3 Å². The lowest BCUT2D eigenvalue weighted by molar-refractivity contribution is -0.117. The minimum atomic E-state index is -0.390. The summed E-state index contributed by atoms with van der Waals surface area (Å²) in [6.45, 7) is -0.106. The lowest BCUT2D eigenvalue weighted by Crippen LogP contribution is -2.20.